The molecule has 1 aromatic carbocycles. The summed E-state index contributed by atoms with van der Waals surface area (Å²) in [7, 11) is 1.63. The molecule has 0 unspecified atom stereocenters. The Kier molecular flexibility index (Phi) is 5.85. The standard InChI is InChI=1S/C16H23FN2O.ClH/c1-20-16-11-13(17)4-5-14(16)15(10-12-2-3-12)19-8-6-18-7-9-19;/h4-5,11-12,15,18H,2-3,6-10H2,1H3;1H/t15-;/m1./s1. The predicted molar refractivity (Wildman–Crippen MR) is 84.7 cm³/mol. The molecule has 1 aliphatic carbocycles. The van der Waals surface area contributed by atoms with Crippen LogP contribution in [0.1, 0.15) is 30.9 Å². The quantitative estimate of drug-likeness (QED) is 0.904. The van der Waals surface area contributed by atoms with Crippen molar-refractivity contribution in [2.24, 2.45) is 5.92 Å². The monoisotopic (exact) mass is 314 g/mol. The van der Waals surface area contributed by atoms with Gasteiger partial charge in [0.2, 0.25) is 0 Å². The summed E-state index contributed by atoms with van der Waals surface area (Å²) >= 11 is 0. The Bertz CT molecular complexity index is 462. The number of nitrogens with zero attached hydrogens (tertiary/aromatic N) is 1. The minimum atomic E-state index is -0.226. The van der Waals surface area contributed by atoms with Crippen LogP contribution in [0.4, 0.5) is 4.39 Å². The normalized spacial score (nSPS) is 20.7. The number of methoxy groups -OCH3 is 1. The van der Waals surface area contributed by atoms with Gasteiger partial charge in [-0.25, -0.2) is 4.39 Å². The Morgan fingerprint density at radius 2 is 2.05 bits per heavy atom. The summed E-state index contributed by atoms with van der Waals surface area (Å²) in [5, 5.41) is 3.39. The van der Waals surface area contributed by atoms with E-state index >= 15 is 0 Å². The lowest BCUT2D eigenvalue weighted by atomic mass is 9.97. The first-order valence-corrected chi connectivity index (χ1v) is 7.56. The van der Waals surface area contributed by atoms with Crippen LogP contribution in [0.5, 0.6) is 5.75 Å². The fraction of sp³-hybridized carbons (Fsp3) is 0.625. The topological polar surface area (TPSA) is 24.5 Å². The Labute approximate surface area is 132 Å². The number of halogens is 2. The van der Waals surface area contributed by atoms with Gasteiger partial charge in [-0.3, -0.25) is 4.90 Å². The minimum Gasteiger partial charge on any atom is -0.496 e. The van der Waals surface area contributed by atoms with Crippen molar-refractivity contribution in [3.8, 4) is 5.75 Å². The van der Waals surface area contributed by atoms with Gasteiger partial charge in [-0.15, -0.1) is 12.4 Å². The molecule has 1 aliphatic heterocycles. The second-order valence-corrected chi connectivity index (χ2v) is 5.87. The van der Waals surface area contributed by atoms with E-state index in [2.05, 4.69) is 10.2 Å². The molecule has 1 atom stereocenters. The lowest BCUT2D eigenvalue weighted by Crippen LogP contribution is -2.45. The Morgan fingerprint density at radius 3 is 2.67 bits per heavy atom. The van der Waals surface area contributed by atoms with Crippen LogP contribution in [0, 0.1) is 11.7 Å². The molecule has 0 aromatic heterocycles. The van der Waals surface area contributed by atoms with E-state index in [1.807, 2.05) is 6.07 Å². The summed E-state index contributed by atoms with van der Waals surface area (Å²) in [5.74, 6) is 1.30. The van der Waals surface area contributed by atoms with E-state index in [-0.39, 0.29) is 18.2 Å². The van der Waals surface area contributed by atoms with Crippen molar-refractivity contribution in [2.45, 2.75) is 25.3 Å². The highest BCUT2D eigenvalue weighted by atomic mass is 35.5. The molecule has 118 valence electrons. The highest BCUT2D eigenvalue weighted by molar-refractivity contribution is 5.85. The largest absolute Gasteiger partial charge is 0.496 e. The first kappa shape index (κ1) is 16.5. The summed E-state index contributed by atoms with van der Waals surface area (Å²) in [5.41, 5.74) is 1.14. The maximum absolute atomic E-state index is 13.4. The van der Waals surface area contributed by atoms with Crippen molar-refractivity contribution < 1.29 is 9.13 Å². The van der Waals surface area contributed by atoms with Crippen LogP contribution < -0.4 is 10.1 Å². The molecular formula is C16H24ClFN2O. The minimum absolute atomic E-state index is 0. The Hall–Kier alpha value is -0.840. The molecule has 0 bridgehead atoms. The van der Waals surface area contributed by atoms with Crippen molar-refractivity contribution in [2.75, 3.05) is 33.3 Å². The molecular weight excluding hydrogens is 291 g/mol. The van der Waals surface area contributed by atoms with Crippen LogP contribution in [0.2, 0.25) is 0 Å². The lowest BCUT2D eigenvalue weighted by molar-refractivity contribution is 0.157. The Morgan fingerprint density at radius 1 is 1.33 bits per heavy atom. The number of hydrogen-bond acceptors (Lipinski definition) is 3. The zero-order valence-corrected chi connectivity index (χ0v) is 13.3. The zero-order valence-electron chi connectivity index (χ0n) is 12.5. The number of ether oxygens (including phenoxy) is 1. The van der Waals surface area contributed by atoms with E-state index in [9.17, 15) is 4.39 Å². The van der Waals surface area contributed by atoms with E-state index in [1.165, 1.54) is 25.3 Å². The van der Waals surface area contributed by atoms with E-state index in [0.717, 1.165) is 37.7 Å². The van der Waals surface area contributed by atoms with Gasteiger partial charge >= 0.3 is 0 Å². The number of rotatable bonds is 5. The van der Waals surface area contributed by atoms with Gasteiger partial charge in [0.25, 0.3) is 0 Å². The van der Waals surface area contributed by atoms with Gasteiger partial charge in [0.15, 0.2) is 0 Å². The summed E-state index contributed by atoms with van der Waals surface area (Å²) in [6.45, 7) is 4.17. The molecule has 1 saturated heterocycles. The second-order valence-electron chi connectivity index (χ2n) is 5.87. The van der Waals surface area contributed by atoms with Gasteiger partial charge in [0, 0.05) is 43.9 Å². The van der Waals surface area contributed by atoms with Crippen LogP contribution in [0.25, 0.3) is 0 Å². The fourth-order valence-electron chi connectivity index (χ4n) is 3.10. The smallest absolute Gasteiger partial charge is 0.126 e. The summed E-state index contributed by atoms with van der Waals surface area (Å²) in [6.07, 6.45) is 3.85. The summed E-state index contributed by atoms with van der Waals surface area (Å²) < 4.78 is 18.8. The number of piperazine rings is 1. The van der Waals surface area contributed by atoms with Crippen LogP contribution in [-0.4, -0.2) is 38.2 Å². The predicted octanol–water partition coefficient (Wildman–Crippen LogP) is 3.00. The number of benzene rings is 1. The molecule has 1 aromatic rings. The van der Waals surface area contributed by atoms with E-state index in [0.29, 0.717) is 11.8 Å². The highest BCUT2D eigenvalue weighted by Gasteiger charge is 2.31. The molecule has 3 nitrogen and oxygen atoms in total. The van der Waals surface area contributed by atoms with Crippen LogP contribution in [0.3, 0.4) is 0 Å². The van der Waals surface area contributed by atoms with Gasteiger partial charge in [-0.1, -0.05) is 18.9 Å². The van der Waals surface area contributed by atoms with E-state index in [1.54, 1.807) is 13.2 Å². The molecule has 1 heterocycles. The Balaban J connectivity index is 0.00000161. The number of nitrogens with one attached hydrogen (secondary N) is 1. The molecule has 1 saturated carbocycles. The molecule has 2 aliphatic rings. The molecule has 0 radical (unpaired) electrons. The molecule has 1 N–H and O–H groups in total. The van der Waals surface area contributed by atoms with Crippen LogP contribution in [0.15, 0.2) is 18.2 Å². The van der Waals surface area contributed by atoms with Crippen molar-refractivity contribution in [3.63, 3.8) is 0 Å². The molecule has 0 amide bonds. The molecule has 5 heteroatoms. The van der Waals surface area contributed by atoms with Gasteiger partial charge in [-0.2, -0.15) is 0 Å². The van der Waals surface area contributed by atoms with Gasteiger partial charge < -0.3 is 10.1 Å². The van der Waals surface area contributed by atoms with Gasteiger partial charge in [0.1, 0.15) is 11.6 Å². The summed E-state index contributed by atoms with van der Waals surface area (Å²) in [4.78, 5) is 2.52. The van der Waals surface area contributed by atoms with Gasteiger partial charge in [-0.05, 0) is 18.4 Å². The third-order valence-electron chi connectivity index (χ3n) is 4.40. The maximum atomic E-state index is 13.4. The van der Waals surface area contributed by atoms with Crippen molar-refractivity contribution in [3.05, 3.63) is 29.6 Å². The first-order chi connectivity index (χ1) is 9.78. The lowest BCUT2D eigenvalue weighted by Gasteiger charge is -2.36. The molecule has 3 rings (SSSR count). The second kappa shape index (κ2) is 7.43. The summed E-state index contributed by atoms with van der Waals surface area (Å²) in [6, 6.07) is 5.33. The third-order valence-corrected chi connectivity index (χ3v) is 4.40. The van der Waals surface area contributed by atoms with Crippen LogP contribution in [-0.2, 0) is 0 Å². The fourth-order valence-corrected chi connectivity index (χ4v) is 3.10. The molecule has 2 fully saturated rings. The van der Waals surface area contributed by atoms with Crippen molar-refractivity contribution in [1.82, 2.24) is 10.2 Å². The average molecular weight is 315 g/mol. The highest BCUT2D eigenvalue weighted by Crippen LogP contribution is 2.42. The van der Waals surface area contributed by atoms with Gasteiger partial charge in [0.05, 0.1) is 7.11 Å². The molecule has 0 spiro atoms. The SMILES string of the molecule is COc1cc(F)ccc1[C@@H](CC1CC1)N1CCNCC1.Cl. The van der Waals surface area contributed by atoms with Crippen LogP contribution >= 0.6 is 12.4 Å². The third kappa shape index (κ3) is 4.09. The van der Waals surface area contributed by atoms with E-state index in [4.69, 9.17) is 4.74 Å². The molecule has 21 heavy (non-hydrogen) atoms. The zero-order chi connectivity index (χ0) is 13.9. The number of hydrogen-bond donors (Lipinski definition) is 1. The van der Waals surface area contributed by atoms with Crippen molar-refractivity contribution in [1.29, 1.82) is 0 Å². The average Bonchev–Trinajstić information content (AvgIpc) is 3.30. The van der Waals surface area contributed by atoms with E-state index < -0.39 is 0 Å². The van der Waals surface area contributed by atoms with Crippen molar-refractivity contribution >= 4 is 12.4 Å². The maximum Gasteiger partial charge on any atom is 0.126 e. The first-order valence-electron chi connectivity index (χ1n) is 7.56.